The SMILES string of the molecule is C=C(C)C(=O)Oc1cccc(Nc2nc(Nc3cccc(Nc4nc(Nc5cccc(OC(=O)C(=C)C)c5)nc(Nc5cccc(OC(=O)C(=C)C)c5)n4)c3)nc(Nc3cccc(OC(=O)C(=C)C)c3)n2)c1. The third kappa shape index (κ3) is 14.4. The van der Waals surface area contributed by atoms with Gasteiger partial charge >= 0.3 is 23.9 Å². The topological polar surface area (TPSA) is 255 Å². The van der Waals surface area contributed by atoms with Crippen LogP contribution in [0.15, 0.2) is 170 Å². The van der Waals surface area contributed by atoms with E-state index in [1.165, 1.54) is 0 Å². The molecule has 0 aliphatic heterocycles. The van der Waals surface area contributed by atoms with Crippen molar-refractivity contribution >= 4 is 93.7 Å². The number of esters is 4. The molecule has 0 unspecified atom stereocenters. The average Bonchev–Trinajstić information content (AvgIpc) is 3.32. The number of carbonyl (C=O) groups is 4. The lowest BCUT2D eigenvalue weighted by molar-refractivity contribution is -0.130. The van der Waals surface area contributed by atoms with Gasteiger partial charge in [-0.1, -0.05) is 56.6 Å². The first-order valence-corrected chi connectivity index (χ1v) is 21.7. The molecule has 0 saturated carbocycles. The molecule has 0 atom stereocenters. The van der Waals surface area contributed by atoms with E-state index in [1.807, 2.05) is 0 Å². The van der Waals surface area contributed by atoms with Crippen molar-refractivity contribution in [3.8, 4) is 23.0 Å². The molecule has 7 aromatic rings. The maximum Gasteiger partial charge on any atom is 0.338 e. The third-order valence-electron chi connectivity index (χ3n) is 9.24. The van der Waals surface area contributed by atoms with Gasteiger partial charge in [-0.15, -0.1) is 0 Å². The summed E-state index contributed by atoms with van der Waals surface area (Å²) in [5, 5.41) is 19.0. The molecule has 5 aromatic carbocycles. The molecule has 362 valence electrons. The van der Waals surface area contributed by atoms with Crippen LogP contribution in [0.25, 0.3) is 0 Å². The van der Waals surface area contributed by atoms with Gasteiger partial charge in [0.2, 0.25) is 35.7 Å². The molecule has 20 nitrogen and oxygen atoms in total. The highest BCUT2D eigenvalue weighted by Gasteiger charge is 2.15. The minimum Gasteiger partial charge on any atom is -0.423 e. The summed E-state index contributed by atoms with van der Waals surface area (Å²) in [7, 11) is 0. The van der Waals surface area contributed by atoms with Crippen molar-refractivity contribution in [1.82, 2.24) is 29.9 Å². The quantitative estimate of drug-likeness (QED) is 0.0236. The summed E-state index contributed by atoms with van der Waals surface area (Å²) in [6, 6.07) is 33.6. The van der Waals surface area contributed by atoms with Gasteiger partial charge in [-0.2, -0.15) is 29.9 Å². The highest BCUT2D eigenvalue weighted by Crippen LogP contribution is 2.29. The Hall–Kier alpha value is -10.2. The molecular weight excluding hydrogens is 921 g/mol. The van der Waals surface area contributed by atoms with E-state index in [0.29, 0.717) is 34.1 Å². The zero-order valence-corrected chi connectivity index (χ0v) is 39.3. The molecule has 0 saturated heterocycles. The minimum absolute atomic E-state index is 0.0989. The molecule has 0 radical (unpaired) electrons. The molecule has 2 heterocycles. The van der Waals surface area contributed by atoms with Crippen molar-refractivity contribution in [2.45, 2.75) is 27.7 Å². The molecule has 0 amide bonds. The standard InChI is InChI=1S/C52H46N12O8/c1-29(2)43(65)69-39-20-10-16-35(25-39)55-49-59-47(60-50(63-49)56-36-17-11-21-40(26-36)70-44(66)30(3)4)53-33-14-9-15-34(24-33)54-48-61-51(57-37-18-12-22-41(27-37)71-45(67)31(5)6)64-52(62-48)58-38-19-13-23-42(28-38)72-46(68)32(7)8/h9-28H,1,3,5,7H2,2,4,6,8H3,(H3,53,55,56,59,60,63)(H3,54,57,58,61,62,64). The molecule has 0 fully saturated rings. The fourth-order valence-electron chi connectivity index (χ4n) is 5.86. The van der Waals surface area contributed by atoms with Gasteiger partial charge in [-0.25, -0.2) is 19.2 Å². The lowest BCUT2D eigenvalue weighted by atomic mass is 10.3. The number of aromatic nitrogens is 6. The first-order valence-electron chi connectivity index (χ1n) is 21.7. The molecule has 72 heavy (non-hydrogen) atoms. The monoisotopic (exact) mass is 966 g/mol. The molecule has 0 aliphatic carbocycles. The zero-order valence-electron chi connectivity index (χ0n) is 39.3. The number of nitrogens with zero attached hydrogens (tertiary/aromatic N) is 6. The van der Waals surface area contributed by atoms with Crippen molar-refractivity contribution in [1.29, 1.82) is 0 Å². The van der Waals surface area contributed by atoms with E-state index in [4.69, 9.17) is 18.9 Å². The number of hydrogen-bond donors (Lipinski definition) is 6. The lowest BCUT2D eigenvalue weighted by Gasteiger charge is -2.14. The second-order valence-electron chi connectivity index (χ2n) is 15.7. The molecule has 0 aliphatic rings. The van der Waals surface area contributed by atoms with Crippen LogP contribution in [-0.4, -0.2) is 53.8 Å². The summed E-state index contributed by atoms with van der Waals surface area (Å²) < 4.78 is 21.7. The van der Waals surface area contributed by atoms with Crippen LogP contribution in [0.5, 0.6) is 23.0 Å². The fourth-order valence-corrected chi connectivity index (χ4v) is 5.86. The highest BCUT2D eigenvalue weighted by atomic mass is 16.5. The predicted octanol–water partition coefficient (Wildman–Crippen LogP) is 10.4. The molecule has 20 heteroatoms. The van der Waals surface area contributed by atoms with Crippen LogP contribution in [-0.2, 0) is 19.2 Å². The summed E-state index contributed by atoms with van der Waals surface area (Å²) in [4.78, 5) is 76.7. The van der Waals surface area contributed by atoms with Gasteiger partial charge in [0.1, 0.15) is 23.0 Å². The summed E-state index contributed by atoms with van der Waals surface area (Å²) >= 11 is 0. The van der Waals surface area contributed by atoms with E-state index in [0.717, 1.165) is 0 Å². The Balaban J connectivity index is 1.18. The molecule has 7 rings (SSSR count). The number of carbonyl (C=O) groups excluding carboxylic acids is 4. The van der Waals surface area contributed by atoms with E-state index in [1.54, 1.807) is 149 Å². The summed E-state index contributed by atoms with van der Waals surface area (Å²) in [6.45, 7) is 20.7. The van der Waals surface area contributed by atoms with E-state index in [9.17, 15) is 19.2 Å². The van der Waals surface area contributed by atoms with E-state index >= 15 is 0 Å². The largest absolute Gasteiger partial charge is 0.423 e. The Morgan fingerprint density at radius 1 is 0.319 bits per heavy atom. The van der Waals surface area contributed by atoms with E-state index in [-0.39, 0.29) is 81.0 Å². The molecule has 6 N–H and O–H groups in total. The summed E-state index contributed by atoms with van der Waals surface area (Å²) in [5.74, 6) is -0.675. The number of benzene rings is 5. The van der Waals surface area contributed by atoms with Gasteiger partial charge in [0.25, 0.3) is 0 Å². The first-order chi connectivity index (χ1) is 34.5. The van der Waals surface area contributed by atoms with E-state index in [2.05, 4.69) is 88.1 Å². The smallest absolute Gasteiger partial charge is 0.338 e. The van der Waals surface area contributed by atoms with Crippen molar-refractivity contribution in [2.24, 2.45) is 0 Å². The molecule has 2 aromatic heterocycles. The van der Waals surface area contributed by atoms with Crippen molar-refractivity contribution in [3.05, 3.63) is 170 Å². The Bertz CT molecular complexity index is 2890. The minimum atomic E-state index is -0.583. The van der Waals surface area contributed by atoms with Crippen molar-refractivity contribution in [3.63, 3.8) is 0 Å². The Morgan fingerprint density at radius 3 is 0.694 bits per heavy atom. The van der Waals surface area contributed by atoms with Gasteiger partial charge in [0.15, 0.2) is 0 Å². The molecular formula is C52H46N12O8. The average molecular weight is 967 g/mol. The fraction of sp³-hybridized carbons (Fsp3) is 0.0769. The normalized spacial score (nSPS) is 10.4. The molecule has 0 bridgehead atoms. The zero-order chi connectivity index (χ0) is 51.3. The van der Waals surface area contributed by atoms with Gasteiger partial charge in [-0.05, 0) is 94.4 Å². The van der Waals surface area contributed by atoms with E-state index < -0.39 is 23.9 Å². The Kier molecular flexibility index (Phi) is 15.7. The second kappa shape index (κ2) is 22.7. The maximum atomic E-state index is 12.3. The Labute approximate surface area is 413 Å². The summed E-state index contributed by atoms with van der Waals surface area (Å²) in [6.07, 6.45) is 0. The lowest BCUT2D eigenvalue weighted by Crippen LogP contribution is -2.10. The van der Waals surface area contributed by atoms with Crippen molar-refractivity contribution in [2.75, 3.05) is 31.9 Å². The van der Waals surface area contributed by atoms with Crippen LogP contribution in [0.2, 0.25) is 0 Å². The third-order valence-corrected chi connectivity index (χ3v) is 9.24. The predicted molar refractivity (Wildman–Crippen MR) is 273 cm³/mol. The van der Waals surface area contributed by atoms with Gasteiger partial charge in [0, 0.05) is 80.7 Å². The van der Waals surface area contributed by atoms with Crippen LogP contribution in [0.4, 0.5) is 69.8 Å². The van der Waals surface area contributed by atoms with Crippen LogP contribution < -0.4 is 50.8 Å². The number of anilines is 12. The number of ether oxygens (including phenoxy) is 4. The van der Waals surface area contributed by atoms with Crippen LogP contribution in [0, 0.1) is 0 Å². The van der Waals surface area contributed by atoms with Crippen LogP contribution in [0.3, 0.4) is 0 Å². The van der Waals surface area contributed by atoms with Crippen LogP contribution >= 0.6 is 0 Å². The molecule has 0 spiro atoms. The number of rotatable bonds is 20. The van der Waals surface area contributed by atoms with Crippen molar-refractivity contribution < 1.29 is 38.1 Å². The van der Waals surface area contributed by atoms with Gasteiger partial charge in [-0.3, -0.25) is 0 Å². The first kappa shape index (κ1) is 49.7. The number of nitrogens with one attached hydrogen (secondary N) is 6. The summed E-state index contributed by atoms with van der Waals surface area (Å²) in [5.41, 5.74) is 3.95. The second-order valence-corrected chi connectivity index (χ2v) is 15.7. The Morgan fingerprint density at radius 2 is 0.500 bits per heavy atom. The van der Waals surface area contributed by atoms with Gasteiger partial charge < -0.3 is 50.8 Å². The van der Waals surface area contributed by atoms with Crippen LogP contribution in [0.1, 0.15) is 27.7 Å². The number of hydrogen-bond acceptors (Lipinski definition) is 20. The van der Waals surface area contributed by atoms with Gasteiger partial charge in [0.05, 0.1) is 0 Å². The highest BCUT2D eigenvalue weighted by molar-refractivity contribution is 5.90. The maximum absolute atomic E-state index is 12.3.